The average Bonchev–Trinajstić information content (AvgIpc) is 2.37. The average molecular weight is 291 g/mol. The predicted octanol–water partition coefficient (Wildman–Crippen LogP) is 2.86. The molecule has 0 heterocycles. The fourth-order valence-corrected chi connectivity index (χ4v) is 1.86. The molecule has 1 aromatic carbocycles. The Morgan fingerprint density at radius 3 is 2.38 bits per heavy atom. The van der Waals surface area contributed by atoms with Crippen LogP contribution in [0.2, 0.25) is 0 Å². The summed E-state index contributed by atoms with van der Waals surface area (Å²) in [6, 6.07) is 9.41. The van der Waals surface area contributed by atoms with Gasteiger partial charge in [0.2, 0.25) is 5.91 Å². The van der Waals surface area contributed by atoms with Gasteiger partial charge in [-0.3, -0.25) is 4.79 Å². The smallest absolute Gasteiger partial charge is 0.328 e. The Kier molecular flexibility index (Phi) is 6.40. The highest BCUT2D eigenvalue weighted by Crippen LogP contribution is 2.09. The number of rotatable bonds is 6. The summed E-state index contributed by atoms with van der Waals surface area (Å²) < 4.78 is 5.22. The minimum atomic E-state index is -0.617. The molecule has 1 aromatic rings. The van der Waals surface area contributed by atoms with Crippen LogP contribution in [0.5, 0.6) is 0 Å². The molecule has 1 amide bonds. The molecule has 21 heavy (non-hydrogen) atoms. The number of carbonyl (C=O) groups is 2. The predicted molar refractivity (Wildman–Crippen MR) is 82.8 cm³/mol. The van der Waals surface area contributed by atoms with Crippen LogP contribution in [0.25, 0.3) is 0 Å². The topological polar surface area (TPSA) is 55.4 Å². The summed E-state index contributed by atoms with van der Waals surface area (Å²) >= 11 is 0. The molecule has 116 valence electrons. The van der Waals surface area contributed by atoms with Crippen LogP contribution in [0.4, 0.5) is 0 Å². The lowest BCUT2D eigenvalue weighted by Crippen LogP contribution is -2.42. The summed E-state index contributed by atoms with van der Waals surface area (Å²) in [5.41, 5.74) is 0.675. The third-order valence-electron chi connectivity index (χ3n) is 2.85. The lowest BCUT2D eigenvalue weighted by molar-refractivity contribution is -0.158. The second-order valence-corrected chi connectivity index (χ2v) is 6.16. The van der Waals surface area contributed by atoms with Crippen molar-refractivity contribution in [2.24, 2.45) is 0 Å². The molecule has 1 N–H and O–H groups in total. The van der Waals surface area contributed by atoms with Crippen molar-refractivity contribution >= 4 is 11.9 Å². The molecule has 0 saturated carbocycles. The summed E-state index contributed by atoms with van der Waals surface area (Å²) in [5.74, 6) is -0.525. The van der Waals surface area contributed by atoms with E-state index in [1.54, 1.807) is 27.7 Å². The van der Waals surface area contributed by atoms with E-state index in [9.17, 15) is 9.59 Å². The third kappa shape index (κ3) is 7.49. The molecule has 0 aliphatic rings. The van der Waals surface area contributed by atoms with Crippen molar-refractivity contribution in [2.75, 3.05) is 0 Å². The first-order valence-electron chi connectivity index (χ1n) is 7.34. The SMILES string of the molecule is C[C@@H](NC(=O)CCCc1ccccc1)C(=O)OC(C)(C)C. The van der Waals surface area contributed by atoms with Gasteiger partial charge in [-0.2, -0.15) is 0 Å². The Balaban J connectivity index is 2.28. The fourth-order valence-electron chi connectivity index (χ4n) is 1.86. The van der Waals surface area contributed by atoms with E-state index in [0.29, 0.717) is 6.42 Å². The van der Waals surface area contributed by atoms with Crippen LogP contribution in [0.1, 0.15) is 46.1 Å². The van der Waals surface area contributed by atoms with Gasteiger partial charge < -0.3 is 10.1 Å². The summed E-state index contributed by atoms with van der Waals surface area (Å²) in [6.07, 6.45) is 2.02. The molecule has 0 aromatic heterocycles. The fraction of sp³-hybridized carbons (Fsp3) is 0.529. The van der Waals surface area contributed by atoms with Gasteiger partial charge >= 0.3 is 5.97 Å². The minimum absolute atomic E-state index is 0.121. The van der Waals surface area contributed by atoms with Crippen LogP contribution in [0, 0.1) is 0 Å². The second-order valence-electron chi connectivity index (χ2n) is 6.16. The van der Waals surface area contributed by atoms with Gasteiger partial charge in [-0.25, -0.2) is 4.79 Å². The van der Waals surface area contributed by atoms with Crippen molar-refractivity contribution in [1.82, 2.24) is 5.32 Å². The minimum Gasteiger partial charge on any atom is -0.458 e. The maximum absolute atomic E-state index is 11.8. The number of nitrogens with one attached hydrogen (secondary N) is 1. The van der Waals surface area contributed by atoms with E-state index in [-0.39, 0.29) is 5.91 Å². The Morgan fingerprint density at radius 1 is 1.19 bits per heavy atom. The molecule has 0 saturated heterocycles. The molecular formula is C17H25NO3. The van der Waals surface area contributed by atoms with Gasteiger partial charge in [0, 0.05) is 6.42 Å². The first-order chi connectivity index (χ1) is 9.78. The molecule has 4 heteroatoms. The van der Waals surface area contributed by atoms with E-state index in [1.807, 2.05) is 30.3 Å². The quantitative estimate of drug-likeness (QED) is 0.820. The van der Waals surface area contributed by atoms with Crippen molar-refractivity contribution in [3.63, 3.8) is 0 Å². The van der Waals surface area contributed by atoms with Gasteiger partial charge in [-0.1, -0.05) is 30.3 Å². The first-order valence-corrected chi connectivity index (χ1v) is 7.34. The molecule has 0 bridgehead atoms. The third-order valence-corrected chi connectivity index (χ3v) is 2.85. The molecule has 1 atom stereocenters. The lowest BCUT2D eigenvalue weighted by Gasteiger charge is -2.22. The second kappa shape index (κ2) is 7.81. The van der Waals surface area contributed by atoms with Crippen LogP contribution >= 0.6 is 0 Å². The zero-order chi connectivity index (χ0) is 15.9. The van der Waals surface area contributed by atoms with Crippen molar-refractivity contribution in [3.8, 4) is 0 Å². The van der Waals surface area contributed by atoms with Gasteiger partial charge in [0.05, 0.1) is 0 Å². The van der Waals surface area contributed by atoms with E-state index in [4.69, 9.17) is 4.74 Å². The molecule has 0 radical (unpaired) electrons. The standard InChI is InChI=1S/C17H25NO3/c1-13(16(20)21-17(2,3)4)18-15(19)12-8-11-14-9-6-5-7-10-14/h5-7,9-10,13H,8,11-12H2,1-4H3,(H,18,19)/t13-/m1/s1. The Morgan fingerprint density at radius 2 is 1.81 bits per heavy atom. The monoisotopic (exact) mass is 291 g/mol. The van der Waals surface area contributed by atoms with Gasteiger partial charge in [-0.05, 0) is 46.1 Å². The van der Waals surface area contributed by atoms with Crippen molar-refractivity contribution in [2.45, 2.75) is 58.6 Å². The number of hydrogen-bond donors (Lipinski definition) is 1. The highest BCUT2D eigenvalue weighted by atomic mass is 16.6. The van der Waals surface area contributed by atoms with E-state index >= 15 is 0 Å². The van der Waals surface area contributed by atoms with Crippen molar-refractivity contribution < 1.29 is 14.3 Å². The van der Waals surface area contributed by atoms with Crippen LogP contribution in [-0.4, -0.2) is 23.5 Å². The van der Waals surface area contributed by atoms with E-state index in [0.717, 1.165) is 12.8 Å². The molecule has 1 rings (SSSR count). The summed E-state index contributed by atoms with van der Waals surface area (Å²) in [5, 5.41) is 2.68. The number of carbonyl (C=O) groups excluding carboxylic acids is 2. The number of hydrogen-bond acceptors (Lipinski definition) is 3. The van der Waals surface area contributed by atoms with Crippen LogP contribution in [0.3, 0.4) is 0 Å². The Labute approximate surface area is 126 Å². The van der Waals surface area contributed by atoms with Crippen LogP contribution in [0.15, 0.2) is 30.3 Å². The Bertz CT molecular complexity index is 463. The normalized spacial score (nSPS) is 12.6. The van der Waals surface area contributed by atoms with Gasteiger partial charge in [0.1, 0.15) is 11.6 Å². The highest BCUT2D eigenvalue weighted by molar-refractivity contribution is 5.84. The van der Waals surface area contributed by atoms with Crippen LogP contribution < -0.4 is 5.32 Å². The molecule has 0 fully saturated rings. The van der Waals surface area contributed by atoms with Gasteiger partial charge in [0.25, 0.3) is 0 Å². The molecule has 4 nitrogen and oxygen atoms in total. The lowest BCUT2D eigenvalue weighted by atomic mass is 10.1. The largest absolute Gasteiger partial charge is 0.458 e. The van der Waals surface area contributed by atoms with Gasteiger partial charge in [-0.15, -0.1) is 0 Å². The Hall–Kier alpha value is -1.84. The first kappa shape index (κ1) is 17.2. The highest BCUT2D eigenvalue weighted by Gasteiger charge is 2.22. The summed E-state index contributed by atoms with van der Waals surface area (Å²) in [4.78, 5) is 23.5. The maximum Gasteiger partial charge on any atom is 0.328 e. The molecular weight excluding hydrogens is 266 g/mol. The number of ether oxygens (including phenoxy) is 1. The summed E-state index contributed by atoms with van der Waals surface area (Å²) in [6.45, 7) is 7.06. The molecule has 0 unspecified atom stereocenters. The zero-order valence-corrected chi connectivity index (χ0v) is 13.3. The van der Waals surface area contributed by atoms with E-state index < -0.39 is 17.6 Å². The maximum atomic E-state index is 11.8. The number of amides is 1. The van der Waals surface area contributed by atoms with E-state index in [2.05, 4.69) is 5.32 Å². The number of aryl methyl sites for hydroxylation is 1. The van der Waals surface area contributed by atoms with Crippen molar-refractivity contribution in [3.05, 3.63) is 35.9 Å². The molecule has 0 aliphatic heterocycles. The molecule has 0 spiro atoms. The van der Waals surface area contributed by atoms with Gasteiger partial charge in [0.15, 0.2) is 0 Å². The molecule has 0 aliphatic carbocycles. The van der Waals surface area contributed by atoms with E-state index in [1.165, 1.54) is 5.56 Å². The van der Waals surface area contributed by atoms with Crippen LogP contribution in [-0.2, 0) is 20.7 Å². The number of benzene rings is 1. The number of esters is 1. The van der Waals surface area contributed by atoms with Crippen molar-refractivity contribution in [1.29, 1.82) is 0 Å². The zero-order valence-electron chi connectivity index (χ0n) is 13.3. The summed E-state index contributed by atoms with van der Waals surface area (Å²) in [7, 11) is 0.